The normalized spacial score (nSPS) is 22.5. The molecule has 6 nitrogen and oxygen atoms in total. The van der Waals surface area contributed by atoms with Crippen LogP contribution in [0, 0.1) is 5.92 Å². The summed E-state index contributed by atoms with van der Waals surface area (Å²) in [5.74, 6) is -0.248. The summed E-state index contributed by atoms with van der Waals surface area (Å²) in [6, 6.07) is 8.90. The molecule has 0 bridgehead atoms. The topological polar surface area (TPSA) is 51.2 Å². The molecule has 3 saturated heterocycles. The number of hydrogen-bond donors (Lipinski definition) is 0. The Morgan fingerprint density at radius 3 is 2.03 bits per heavy atom. The molecule has 0 atom stereocenters. The van der Waals surface area contributed by atoms with Crippen LogP contribution in [0.4, 0.5) is 4.79 Å². The lowest BCUT2D eigenvalue weighted by Gasteiger charge is -2.45. The molecular weight excluding hydrogens is 484 g/mol. The van der Waals surface area contributed by atoms with Crippen LogP contribution in [-0.2, 0) is 20.0 Å². The largest absolute Gasteiger partial charge is 0.444 e. The molecule has 0 unspecified atom stereocenters. The molecule has 1 aromatic rings. The molecule has 0 N–H and O–H groups in total. The Bertz CT molecular complexity index is 743. The first-order chi connectivity index (χ1) is 15.8. The van der Waals surface area contributed by atoms with Gasteiger partial charge in [-0.05, 0) is 71.7 Å². The summed E-state index contributed by atoms with van der Waals surface area (Å²) in [5, 5.41) is 0. The Hall–Kier alpha value is -1.15. The van der Waals surface area contributed by atoms with Gasteiger partial charge in [0.05, 0.1) is 13.2 Å². The standard InChI is InChI=1S/C24H35BrN2O4.C2H6/c1-23(2,3)31-22(28)27-14-10-21(11-15-27)26-12-8-19(9-13-26)24(29-16-17-30-24)18-4-6-20(25)7-5-18;1-2/h4-7,19,21H,8-17H2,1-3H3;1-2H3. The predicted molar refractivity (Wildman–Crippen MR) is 134 cm³/mol. The van der Waals surface area contributed by atoms with E-state index in [0.29, 0.717) is 25.2 Å². The summed E-state index contributed by atoms with van der Waals surface area (Å²) in [6.45, 7) is 14.7. The van der Waals surface area contributed by atoms with Crippen molar-refractivity contribution < 1.29 is 19.0 Å². The molecule has 3 aliphatic rings. The molecule has 3 heterocycles. The van der Waals surface area contributed by atoms with Crippen molar-refractivity contribution in [2.24, 2.45) is 5.92 Å². The van der Waals surface area contributed by atoms with Gasteiger partial charge in [-0.15, -0.1) is 0 Å². The summed E-state index contributed by atoms with van der Waals surface area (Å²) < 4.78 is 19.1. The molecule has 3 fully saturated rings. The number of amides is 1. The minimum atomic E-state index is -0.604. The number of carbonyl (C=O) groups is 1. The number of carbonyl (C=O) groups excluding carboxylic acids is 1. The van der Waals surface area contributed by atoms with E-state index < -0.39 is 11.4 Å². The van der Waals surface area contributed by atoms with Crippen LogP contribution < -0.4 is 0 Å². The zero-order valence-corrected chi connectivity index (χ0v) is 22.5. The number of halogens is 1. The molecule has 0 aromatic heterocycles. The molecule has 1 aromatic carbocycles. The van der Waals surface area contributed by atoms with E-state index in [0.717, 1.165) is 61.9 Å². The van der Waals surface area contributed by atoms with Crippen LogP contribution >= 0.6 is 15.9 Å². The smallest absolute Gasteiger partial charge is 0.410 e. The highest BCUT2D eigenvalue weighted by Crippen LogP contribution is 2.44. The van der Waals surface area contributed by atoms with Crippen LogP contribution in [-0.4, -0.2) is 66.9 Å². The van der Waals surface area contributed by atoms with E-state index in [1.54, 1.807) is 0 Å². The van der Waals surface area contributed by atoms with Crippen molar-refractivity contribution in [1.29, 1.82) is 0 Å². The number of benzene rings is 1. The van der Waals surface area contributed by atoms with Crippen LogP contribution in [0.3, 0.4) is 0 Å². The van der Waals surface area contributed by atoms with Gasteiger partial charge in [-0.25, -0.2) is 4.79 Å². The Kier molecular flexibility index (Phi) is 9.23. The van der Waals surface area contributed by atoms with Gasteiger partial charge in [0, 0.05) is 35.1 Å². The second kappa shape index (κ2) is 11.5. The molecule has 33 heavy (non-hydrogen) atoms. The van der Waals surface area contributed by atoms with E-state index in [9.17, 15) is 4.79 Å². The Balaban J connectivity index is 0.00000149. The maximum absolute atomic E-state index is 12.3. The van der Waals surface area contributed by atoms with E-state index in [-0.39, 0.29) is 6.09 Å². The summed E-state index contributed by atoms with van der Waals surface area (Å²) >= 11 is 3.53. The quantitative estimate of drug-likeness (QED) is 0.501. The average molecular weight is 526 g/mol. The van der Waals surface area contributed by atoms with E-state index in [1.807, 2.05) is 39.5 Å². The SMILES string of the molecule is CC.CC(C)(C)OC(=O)N1CCC(N2CCC(C3(c4ccc(Br)cc4)OCCO3)CC2)CC1. The maximum atomic E-state index is 12.3. The summed E-state index contributed by atoms with van der Waals surface area (Å²) in [7, 11) is 0. The Labute approximate surface area is 208 Å². The van der Waals surface area contributed by atoms with Gasteiger partial charge in [0.15, 0.2) is 5.79 Å². The Morgan fingerprint density at radius 1 is 0.970 bits per heavy atom. The first-order valence-electron chi connectivity index (χ1n) is 12.5. The molecule has 0 spiro atoms. The molecule has 0 aliphatic carbocycles. The molecule has 0 radical (unpaired) electrons. The van der Waals surface area contributed by atoms with Crippen molar-refractivity contribution in [2.45, 2.75) is 77.7 Å². The van der Waals surface area contributed by atoms with Gasteiger partial charge in [0.2, 0.25) is 0 Å². The molecular formula is C26H41BrN2O4. The monoisotopic (exact) mass is 524 g/mol. The van der Waals surface area contributed by atoms with Crippen molar-refractivity contribution in [3.63, 3.8) is 0 Å². The third-order valence-corrected chi connectivity index (χ3v) is 7.19. The third kappa shape index (κ3) is 6.50. The molecule has 4 rings (SSSR count). The van der Waals surface area contributed by atoms with Crippen LogP contribution in [0.2, 0.25) is 0 Å². The number of ether oxygens (including phenoxy) is 3. The highest BCUT2D eigenvalue weighted by molar-refractivity contribution is 9.10. The Morgan fingerprint density at radius 2 is 1.52 bits per heavy atom. The zero-order chi connectivity index (χ0) is 24.1. The van der Waals surface area contributed by atoms with Crippen LogP contribution in [0.1, 0.15) is 65.9 Å². The lowest BCUT2D eigenvalue weighted by Crippen LogP contribution is -2.51. The van der Waals surface area contributed by atoms with Crippen molar-refractivity contribution in [3.8, 4) is 0 Å². The number of likely N-dealkylation sites (tertiary alicyclic amines) is 2. The third-order valence-electron chi connectivity index (χ3n) is 6.66. The van der Waals surface area contributed by atoms with Crippen molar-refractivity contribution in [3.05, 3.63) is 34.3 Å². The van der Waals surface area contributed by atoms with Gasteiger partial charge in [-0.3, -0.25) is 0 Å². The van der Waals surface area contributed by atoms with Gasteiger partial charge in [-0.1, -0.05) is 41.9 Å². The molecule has 7 heteroatoms. The van der Waals surface area contributed by atoms with Gasteiger partial charge < -0.3 is 24.0 Å². The van der Waals surface area contributed by atoms with E-state index >= 15 is 0 Å². The van der Waals surface area contributed by atoms with Gasteiger partial charge in [-0.2, -0.15) is 0 Å². The second-order valence-corrected chi connectivity index (χ2v) is 10.8. The van der Waals surface area contributed by atoms with E-state index in [2.05, 4.69) is 45.1 Å². The molecule has 3 aliphatic heterocycles. The maximum Gasteiger partial charge on any atom is 0.410 e. The van der Waals surface area contributed by atoms with E-state index in [1.165, 1.54) is 0 Å². The predicted octanol–water partition coefficient (Wildman–Crippen LogP) is 5.79. The number of hydrogen-bond acceptors (Lipinski definition) is 5. The first-order valence-corrected chi connectivity index (χ1v) is 13.3. The lowest BCUT2D eigenvalue weighted by molar-refractivity contribution is -0.215. The fraction of sp³-hybridized carbons (Fsp3) is 0.731. The second-order valence-electron chi connectivity index (χ2n) is 9.88. The highest BCUT2D eigenvalue weighted by Gasteiger charge is 2.47. The average Bonchev–Trinajstić information content (AvgIpc) is 3.31. The number of nitrogens with zero attached hydrogens (tertiary/aromatic N) is 2. The van der Waals surface area contributed by atoms with Crippen LogP contribution in [0.5, 0.6) is 0 Å². The van der Waals surface area contributed by atoms with E-state index in [4.69, 9.17) is 14.2 Å². The summed E-state index contributed by atoms with van der Waals surface area (Å²) in [5.41, 5.74) is 0.683. The zero-order valence-electron chi connectivity index (χ0n) is 20.9. The van der Waals surface area contributed by atoms with Gasteiger partial charge >= 0.3 is 6.09 Å². The number of piperidine rings is 2. The molecule has 186 valence electrons. The van der Waals surface area contributed by atoms with Crippen LogP contribution in [0.15, 0.2) is 28.7 Å². The minimum absolute atomic E-state index is 0.184. The van der Waals surface area contributed by atoms with Crippen molar-refractivity contribution in [2.75, 3.05) is 39.4 Å². The van der Waals surface area contributed by atoms with Crippen molar-refractivity contribution in [1.82, 2.24) is 9.80 Å². The van der Waals surface area contributed by atoms with Crippen LogP contribution in [0.25, 0.3) is 0 Å². The van der Waals surface area contributed by atoms with Gasteiger partial charge in [0.25, 0.3) is 0 Å². The number of rotatable bonds is 3. The van der Waals surface area contributed by atoms with Crippen molar-refractivity contribution >= 4 is 22.0 Å². The fourth-order valence-corrected chi connectivity index (χ4v) is 5.40. The summed E-state index contributed by atoms with van der Waals surface area (Å²) in [6.07, 6.45) is 3.95. The first kappa shape index (κ1) is 26.5. The summed E-state index contributed by atoms with van der Waals surface area (Å²) in [4.78, 5) is 16.8. The molecule has 0 saturated carbocycles. The fourth-order valence-electron chi connectivity index (χ4n) is 5.13. The minimum Gasteiger partial charge on any atom is -0.444 e. The van der Waals surface area contributed by atoms with Gasteiger partial charge in [0.1, 0.15) is 5.60 Å². The molecule has 1 amide bonds. The lowest BCUT2D eigenvalue weighted by atomic mass is 9.83. The highest BCUT2D eigenvalue weighted by atomic mass is 79.9.